The van der Waals surface area contributed by atoms with Crippen molar-refractivity contribution in [3.63, 3.8) is 0 Å². The maximum atomic E-state index is 11.4. The molecule has 2 rings (SSSR count). The molecule has 1 fully saturated rings. The topological polar surface area (TPSA) is 29.5 Å². The lowest BCUT2D eigenvalue weighted by molar-refractivity contribution is -0.169. The first kappa shape index (κ1) is 11.6. The molecule has 0 aliphatic carbocycles. The fourth-order valence-corrected chi connectivity index (χ4v) is 2.32. The molecule has 3 nitrogen and oxygen atoms in total. The van der Waals surface area contributed by atoms with E-state index in [0.29, 0.717) is 11.4 Å². The summed E-state index contributed by atoms with van der Waals surface area (Å²) in [5, 5.41) is 2.30. The normalized spacial score (nSPS) is 30.6. The van der Waals surface area contributed by atoms with Crippen molar-refractivity contribution in [3.05, 3.63) is 34.9 Å². The smallest absolute Gasteiger partial charge is 0.147 e. The summed E-state index contributed by atoms with van der Waals surface area (Å²) >= 11 is 5.84. The van der Waals surface area contributed by atoms with Crippen LogP contribution < -0.4 is 0 Å². The van der Waals surface area contributed by atoms with Gasteiger partial charge in [-0.1, -0.05) is 23.7 Å². The summed E-state index contributed by atoms with van der Waals surface area (Å²) in [7, 11) is 1.78. The average molecular weight is 240 g/mol. The van der Waals surface area contributed by atoms with Gasteiger partial charge in [-0.2, -0.15) is 5.06 Å². The number of nitrogens with zero attached hydrogens (tertiary/aromatic N) is 1. The largest absolute Gasteiger partial charge is 0.301 e. The number of hydroxylamine groups is 2. The molecule has 1 saturated heterocycles. The van der Waals surface area contributed by atoms with E-state index in [1.54, 1.807) is 24.2 Å². The number of rotatable bonds is 2. The van der Waals surface area contributed by atoms with E-state index in [0.717, 1.165) is 11.8 Å². The molecule has 0 bridgehead atoms. The van der Waals surface area contributed by atoms with Crippen LogP contribution in [0, 0.1) is 0 Å². The van der Waals surface area contributed by atoms with E-state index in [1.807, 2.05) is 19.1 Å². The number of halogens is 1. The molecule has 16 heavy (non-hydrogen) atoms. The van der Waals surface area contributed by atoms with E-state index >= 15 is 0 Å². The summed E-state index contributed by atoms with van der Waals surface area (Å²) in [6.07, 6.45) is 1.65. The lowest BCUT2D eigenvalue weighted by atomic mass is 9.87. The van der Waals surface area contributed by atoms with Crippen molar-refractivity contribution in [3.8, 4) is 0 Å². The fourth-order valence-electron chi connectivity index (χ4n) is 2.20. The zero-order valence-electron chi connectivity index (χ0n) is 9.31. The first-order valence-electron chi connectivity index (χ1n) is 5.21. The van der Waals surface area contributed by atoms with Crippen LogP contribution in [0.2, 0.25) is 5.02 Å². The Balaban J connectivity index is 2.42. The van der Waals surface area contributed by atoms with E-state index in [9.17, 15) is 4.79 Å². The van der Waals surface area contributed by atoms with Gasteiger partial charge in [0.25, 0.3) is 0 Å². The van der Waals surface area contributed by atoms with Gasteiger partial charge in [0.2, 0.25) is 0 Å². The number of benzene rings is 1. The van der Waals surface area contributed by atoms with Crippen molar-refractivity contribution in [1.82, 2.24) is 5.06 Å². The van der Waals surface area contributed by atoms with Crippen molar-refractivity contribution >= 4 is 17.9 Å². The molecule has 4 heteroatoms. The van der Waals surface area contributed by atoms with Crippen LogP contribution in [-0.4, -0.2) is 24.5 Å². The van der Waals surface area contributed by atoms with Crippen molar-refractivity contribution in [2.24, 2.45) is 0 Å². The van der Waals surface area contributed by atoms with Crippen LogP contribution >= 0.6 is 11.6 Å². The minimum atomic E-state index is -0.677. The highest BCUT2D eigenvalue weighted by Gasteiger charge is 2.45. The summed E-state index contributed by atoms with van der Waals surface area (Å²) in [6, 6.07) is 7.32. The quantitative estimate of drug-likeness (QED) is 0.743. The van der Waals surface area contributed by atoms with Crippen LogP contribution in [0.25, 0.3) is 0 Å². The Kier molecular flexibility index (Phi) is 3.02. The Morgan fingerprint density at radius 1 is 1.50 bits per heavy atom. The molecule has 1 heterocycles. The number of carbonyl (C=O) groups excluding carboxylic acids is 1. The molecule has 0 spiro atoms. The van der Waals surface area contributed by atoms with Crippen molar-refractivity contribution in [2.45, 2.75) is 25.0 Å². The Hall–Kier alpha value is -0.900. The van der Waals surface area contributed by atoms with Gasteiger partial charge in [-0.3, -0.25) is 4.84 Å². The van der Waals surface area contributed by atoms with Crippen molar-refractivity contribution in [2.75, 3.05) is 7.05 Å². The van der Waals surface area contributed by atoms with Crippen LogP contribution in [0.15, 0.2) is 24.3 Å². The highest BCUT2D eigenvalue weighted by molar-refractivity contribution is 6.30. The third kappa shape index (κ3) is 1.75. The number of carbonyl (C=O) groups is 1. The van der Waals surface area contributed by atoms with Crippen molar-refractivity contribution < 1.29 is 9.63 Å². The minimum absolute atomic E-state index is 0.0471. The van der Waals surface area contributed by atoms with E-state index in [-0.39, 0.29) is 6.10 Å². The molecule has 1 aromatic carbocycles. The summed E-state index contributed by atoms with van der Waals surface area (Å²) < 4.78 is 0. The van der Waals surface area contributed by atoms with Gasteiger partial charge in [-0.05, 0) is 24.6 Å². The van der Waals surface area contributed by atoms with Crippen LogP contribution in [0.4, 0.5) is 0 Å². The molecule has 0 aromatic heterocycles. The molecule has 86 valence electrons. The predicted octanol–water partition coefficient (Wildman–Crippen LogP) is 2.39. The standard InChI is InChI=1S/C12H14ClNO2/c1-9-7-12(8-15,14(2)16-9)10-3-5-11(13)6-4-10/h3-6,8-9H,7H2,1-2H3/t9-,12+/m1/s1. The van der Waals surface area contributed by atoms with Gasteiger partial charge in [0.05, 0.1) is 6.10 Å². The Bertz CT molecular complexity index is 393. The zero-order chi connectivity index (χ0) is 11.8. The highest BCUT2D eigenvalue weighted by Crippen LogP contribution is 2.37. The van der Waals surface area contributed by atoms with Gasteiger partial charge in [0.15, 0.2) is 0 Å². The third-order valence-corrected chi connectivity index (χ3v) is 3.29. The summed E-state index contributed by atoms with van der Waals surface area (Å²) in [4.78, 5) is 16.9. The lowest BCUT2D eigenvalue weighted by Gasteiger charge is -2.28. The summed E-state index contributed by atoms with van der Waals surface area (Å²) in [5.41, 5.74) is 0.239. The summed E-state index contributed by atoms with van der Waals surface area (Å²) in [5.74, 6) is 0. The SMILES string of the molecule is C[C@@H]1C[C@](C=O)(c2ccc(Cl)cc2)N(C)O1. The van der Waals surface area contributed by atoms with Gasteiger partial charge in [-0.15, -0.1) is 0 Å². The zero-order valence-corrected chi connectivity index (χ0v) is 10.1. The number of hydrogen-bond donors (Lipinski definition) is 0. The van der Waals surface area contributed by atoms with Crippen LogP contribution in [0.3, 0.4) is 0 Å². The molecule has 0 N–H and O–H groups in total. The Morgan fingerprint density at radius 2 is 2.12 bits per heavy atom. The number of likely N-dealkylation sites (N-methyl/N-ethyl adjacent to an activating group) is 1. The molecule has 0 amide bonds. The maximum absolute atomic E-state index is 11.4. The highest BCUT2D eigenvalue weighted by atomic mass is 35.5. The fraction of sp³-hybridized carbons (Fsp3) is 0.417. The lowest BCUT2D eigenvalue weighted by Crippen LogP contribution is -2.39. The van der Waals surface area contributed by atoms with Gasteiger partial charge in [0, 0.05) is 18.5 Å². The molecule has 0 radical (unpaired) electrons. The first-order chi connectivity index (χ1) is 7.58. The van der Waals surface area contributed by atoms with E-state index in [4.69, 9.17) is 16.4 Å². The molecule has 0 unspecified atom stereocenters. The molecule has 1 aromatic rings. The monoisotopic (exact) mass is 239 g/mol. The number of aldehydes is 1. The molecular formula is C12H14ClNO2. The Labute approximate surface area is 99.9 Å². The summed E-state index contributed by atoms with van der Waals surface area (Å²) in [6.45, 7) is 1.96. The van der Waals surface area contributed by atoms with E-state index < -0.39 is 5.54 Å². The van der Waals surface area contributed by atoms with Crippen LogP contribution in [0.1, 0.15) is 18.9 Å². The second kappa shape index (κ2) is 4.17. The predicted molar refractivity (Wildman–Crippen MR) is 62.1 cm³/mol. The van der Waals surface area contributed by atoms with Gasteiger partial charge < -0.3 is 4.79 Å². The van der Waals surface area contributed by atoms with E-state index in [1.165, 1.54) is 0 Å². The molecule has 2 atom stereocenters. The molecule has 1 aliphatic rings. The molecule has 1 aliphatic heterocycles. The minimum Gasteiger partial charge on any atom is -0.301 e. The van der Waals surface area contributed by atoms with Crippen molar-refractivity contribution in [1.29, 1.82) is 0 Å². The Morgan fingerprint density at radius 3 is 2.56 bits per heavy atom. The first-order valence-corrected chi connectivity index (χ1v) is 5.59. The molecule has 0 saturated carbocycles. The van der Waals surface area contributed by atoms with Gasteiger partial charge in [0.1, 0.15) is 11.8 Å². The van der Waals surface area contributed by atoms with Crippen LogP contribution in [-0.2, 0) is 15.2 Å². The maximum Gasteiger partial charge on any atom is 0.147 e. The average Bonchev–Trinajstić information content (AvgIpc) is 2.55. The second-order valence-electron chi connectivity index (χ2n) is 4.17. The molecular weight excluding hydrogens is 226 g/mol. The third-order valence-electron chi connectivity index (χ3n) is 3.04. The van der Waals surface area contributed by atoms with Crippen LogP contribution in [0.5, 0.6) is 0 Å². The van der Waals surface area contributed by atoms with Gasteiger partial charge >= 0.3 is 0 Å². The van der Waals surface area contributed by atoms with E-state index in [2.05, 4.69) is 0 Å². The number of hydrogen-bond acceptors (Lipinski definition) is 3. The second-order valence-corrected chi connectivity index (χ2v) is 4.60. The van der Waals surface area contributed by atoms with Gasteiger partial charge in [-0.25, -0.2) is 0 Å².